The monoisotopic (exact) mass is 356 g/mol. The highest BCUT2D eigenvalue weighted by molar-refractivity contribution is 8.00. The number of pyridine rings is 1. The third-order valence-corrected chi connectivity index (χ3v) is 3.60. The second-order valence-corrected chi connectivity index (χ2v) is 5.73. The van der Waals surface area contributed by atoms with E-state index in [0.717, 1.165) is 5.75 Å². The predicted molar refractivity (Wildman–Crippen MR) is 85.0 cm³/mol. The van der Waals surface area contributed by atoms with Crippen LogP contribution in [0.5, 0.6) is 5.75 Å². The molecular weight excluding hydrogens is 341 g/mol. The maximum absolute atomic E-state index is 12.5. The van der Waals surface area contributed by atoms with Crippen LogP contribution in [0.15, 0.2) is 53.7 Å². The van der Waals surface area contributed by atoms with Crippen LogP contribution in [0, 0.1) is 0 Å². The Morgan fingerprint density at radius 2 is 1.92 bits per heavy atom. The number of carbonyl (C=O) groups excluding carboxylic acids is 1. The van der Waals surface area contributed by atoms with Crippen LogP contribution in [0.2, 0.25) is 0 Å². The summed E-state index contributed by atoms with van der Waals surface area (Å²) in [5.41, 5.74) is -4.59. The Kier molecular flexibility index (Phi) is 6.48. The number of amides is 1. The van der Waals surface area contributed by atoms with Crippen molar-refractivity contribution in [3.63, 3.8) is 0 Å². The molecule has 1 heterocycles. The molecule has 1 amide bonds. The lowest BCUT2D eigenvalue weighted by Crippen LogP contribution is -2.26. The lowest BCUT2D eigenvalue weighted by Gasteiger charge is -2.10. The number of nitrogens with zero attached hydrogens (tertiary/aromatic N) is 1. The molecule has 0 saturated heterocycles. The first-order chi connectivity index (χ1) is 11.5. The smallest absolute Gasteiger partial charge is 0.447 e. The number of ether oxygens (including phenoxy) is 1. The molecule has 0 atom stereocenters. The van der Waals surface area contributed by atoms with Crippen molar-refractivity contribution < 1.29 is 22.7 Å². The zero-order chi connectivity index (χ0) is 17.4. The number of halogens is 3. The van der Waals surface area contributed by atoms with Crippen LogP contribution >= 0.6 is 11.8 Å². The van der Waals surface area contributed by atoms with Crippen LogP contribution in [0.3, 0.4) is 0 Å². The number of benzene rings is 1. The fourth-order valence-electron chi connectivity index (χ4n) is 1.83. The van der Waals surface area contributed by atoms with Gasteiger partial charge in [0.1, 0.15) is 10.8 Å². The van der Waals surface area contributed by atoms with E-state index < -0.39 is 23.2 Å². The van der Waals surface area contributed by atoms with Gasteiger partial charge in [0, 0.05) is 24.5 Å². The zero-order valence-electron chi connectivity index (χ0n) is 12.5. The van der Waals surface area contributed by atoms with E-state index in [9.17, 15) is 18.0 Å². The average molecular weight is 356 g/mol. The summed E-state index contributed by atoms with van der Waals surface area (Å²) in [6.45, 7) is 0.679. The second-order valence-electron chi connectivity index (χ2n) is 4.67. The van der Waals surface area contributed by atoms with Crippen molar-refractivity contribution in [2.45, 2.75) is 17.0 Å². The van der Waals surface area contributed by atoms with Crippen molar-refractivity contribution in [3.8, 4) is 5.75 Å². The number of thioether (sulfide) groups is 1. The fraction of sp³-hybridized carbons (Fsp3) is 0.250. The Balaban J connectivity index is 1.80. The number of para-hydroxylation sites is 1. The van der Waals surface area contributed by atoms with Crippen LogP contribution in [0.4, 0.5) is 13.2 Å². The van der Waals surface area contributed by atoms with Gasteiger partial charge in [0.15, 0.2) is 0 Å². The highest BCUT2D eigenvalue weighted by atomic mass is 32.2. The number of hydrogen-bond donors (Lipinski definition) is 1. The lowest BCUT2D eigenvalue weighted by molar-refractivity contribution is -0.0329. The highest BCUT2D eigenvalue weighted by Crippen LogP contribution is 2.37. The van der Waals surface area contributed by atoms with Crippen molar-refractivity contribution in [1.82, 2.24) is 10.3 Å². The number of hydrogen-bond acceptors (Lipinski definition) is 4. The second kappa shape index (κ2) is 8.58. The molecular formula is C16H15F3N2O2S. The van der Waals surface area contributed by atoms with Gasteiger partial charge in [-0.25, -0.2) is 4.98 Å². The summed E-state index contributed by atoms with van der Waals surface area (Å²) in [4.78, 5) is 15.6. The Labute approximate surface area is 141 Å². The van der Waals surface area contributed by atoms with Gasteiger partial charge in [-0.3, -0.25) is 4.79 Å². The third kappa shape index (κ3) is 6.11. The minimum absolute atomic E-state index is 0.0937. The van der Waals surface area contributed by atoms with Crippen molar-refractivity contribution in [1.29, 1.82) is 0 Å². The molecule has 1 aromatic heterocycles. The van der Waals surface area contributed by atoms with E-state index in [1.807, 2.05) is 30.3 Å². The molecule has 0 unspecified atom stereocenters. The number of carbonyl (C=O) groups is 1. The molecule has 1 N–H and O–H groups in total. The quantitative estimate of drug-likeness (QED) is 0.604. The largest absolute Gasteiger partial charge is 0.494 e. The molecule has 128 valence electrons. The van der Waals surface area contributed by atoms with Crippen molar-refractivity contribution in [2.75, 3.05) is 13.2 Å². The Morgan fingerprint density at radius 1 is 1.17 bits per heavy atom. The van der Waals surface area contributed by atoms with Crippen molar-refractivity contribution >= 4 is 17.7 Å². The summed E-state index contributed by atoms with van der Waals surface area (Å²) in [6, 6.07) is 11.9. The van der Waals surface area contributed by atoms with Gasteiger partial charge in [0.2, 0.25) is 0 Å². The van der Waals surface area contributed by atoms with Gasteiger partial charge in [-0.05, 0) is 30.7 Å². The predicted octanol–water partition coefficient (Wildman–Crippen LogP) is 3.89. The molecule has 24 heavy (non-hydrogen) atoms. The molecule has 0 saturated carbocycles. The molecule has 4 nitrogen and oxygen atoms in total. The first kappa shape index (κ1) is 18.1. The van der Waals surface area contributed by atoms with Crippen LogP contribution in [-0.2, 0) is 0 Å². The topological polar surface area (TPSA) is 51.2 Å². The van der Waals surface area contributed by atoms with Gasteiger partial charge in [-0.1, -0.05) is 18.2 Å². The van der Waals surface area contributed by atoms with E-state index in [-0.39, 0.29) is 17.1 Å². The van der Waals surface area contributed by atoms with Gasteiger partial charge in [-0.15, -0.1) is 0 Å². The molecule has 8 heteroatoms. The number of aromatic nitrogens is 1. The maximum atomic E-state index is 12.5. The minimum Gasteiger partial charge on any atom is -0.494 e. The van der Waals surface area contributed by atoms with Crippen LogP contribution in [0.25, 0.3) is 0 Å². The molecule has 0 radical (unpaired) electrons. The van der Waals surface area contributed by atoms with Crippen LogP contribution in [-0.4, -0.2) is 29.6 Å². The van der Waals surface area contributed by atoms with E-state index in [0.29, 0.717) is 13.0 Å². The van der Waals surface area contributed by atoms with E-state index >= 15 is 0 Å². The fourth-order valence-corrected chi connectivity index (χ4v) is 2.43. The van der Waals surface area contributed by atoms with E-state index in [1.54, 1.807) is 0 Å². The zero-order valence-corrected chi connectivity index (χ0v) is 13.4. The SMILES string of the molecule is O=C(NCCCOc1ccccc1)c1cccnc1SC(F)(F)F. The van der Waals surface area contributed by atoms with E-state index in [4.69, 9.17) is 4.74 Å². The lowest BCUT2D eigenvalue weighted by atomic mass is 10.2. The Bertz CT molecular complexity index is 666. The molecule has 0 aliphatic heterocycles. The summed E-state index contributed by atoms with van der Waals surface area (Å²) in [5, 5.41) is 2.21. The van der Waals surface area contributed by atoms with Gasteiger partial charge in [0.05, 0.1) is 12.2 Å². The molecule has 2 rings (SSSR count). The van der Waals surface area contributed by atoms with Gasteiger partial charge < -0.3 is 10.1 Å². The average Bonchev–Trinajstić information content (AvgIpc) is 2.54. The number of rotatable bonds is 7. The molecule has 0 fully saturated rings. The minimum atomic E-state index is -4.49. The summed E-state index contributed by atoms with van der Waals surface area (Å²) < 4.78 is 42.9. The number of nitrogens with one attached hydrogen (secondary N) is 1. The summed E-state index contributed by atoms with van der Waals surface area (Å²) in [6.07, 6.45) is 1.75. The van der Waals surface area contributed by atoms with Gasteiger partial charge >= 0.3 is 5.51 Å². The van der Waals surface area contributed by atoms with Gasteiger partial charge in [-0.2, -0.15) is 13.2 Å². The van der Waals surface area contributed by atoms with Crippen molar-refractivity contribution in [3.05, 3.63) is 54.2 Å². The van der Waals surface area contributed by atoms with E-state index in [1.165, 1.54) is 18.3 Å². The molecule has 0 aliphatic rings. The molecule has 1 aromatic carbocycles. The first-order valence-electron chi connectivity index (χ1n) is 7.12. The molecule has 2 aromatic rings. The normalized spacial score (nSPS) is 11.1. The third-order valence-electron chi connectivity index (χ3n) is 2.85. The molecule has 0 bridgehead atoms. The Hall–Kier alpha value is -2.22. The van der Waals surface area contributed by atoms with Crippen molar-refractivity contribution in [2.24, 2.45) is 0 Å². The first-order valence-corrected chi connectivity index (χ1v) is 7.94. The Morgan fingerprint density at radius 3 is 2.62 bits per heavy atom. The molecule has 0 aliphatic carbocycles. The standard InChI is InChI=1S/C16H15F3N2O2S/c17-16(18,19)24-15-13(8-4-9-21-15)14(22)20-10-5-11-23-12-6-2-1-3-7-12/h1-4,6-9H,5,10-11H2,(H,20,22). The van der Waals surface area contributed by atoms with Crippen LogP contribution < -0.4 is 10.1 Å². The highest BCUT2D eigenvalue weighted by Gasteiger charge is 2.32. The number of alkyl halides is 3. The maximum Gasteiger partial charge on any atom is 0.447 e. The summed E-state index contributed by atoms with van der Waals surface area (Å²) in [7, 11) is 0. The summed E-state index contributed by atoms with van der Waals surface area (Å²) in [5.74, 6) is 0.134. The van der Waals surface area contributed by atoms with Gasteiger partial charge in [0.25, 0.3) is 5.91 Å². The summed E-state index contributed by atoms with van der Waals surface area (Å²) >= 11 is -0.400. The van der Waals surface area contributed by atoms with E-state index in [2.05, 4.69) is 10.3 Å². The van der Waals surface area contributed by atoms with Crippen LogP contribution in [0.1, 0.15) is 16.8 Å². The molecule has 0 spiro atoms.